The summed E-state index contributed by atoms with van der Waals surface area (Å²) in [6, 6.07) is 5.12. The maximum absolute atomic E-state index is 12.8. The smallest absolute Gasteiger partial charge is 0.357 e. The molecule has 0 aliphatic carbocycles. The van der Waals surface area contributed by atoms with Gasteiger partial charge in [0, 0.05) is 13.1 Å². The number of aliphatic imine (C=N–C) groups is 1. The summed E-state index contributed by atoms with van der Waals surface area (Å²) < 4.78 is 38.5. The molecule has 0 heterocycles. The summed E-state index contributed by atoms with van der Waals surface area (Å²) in [6.07, 6.45) is -0.153. The normalized spacial score (nSPS) is 13.7. The van der Waals surface area contributed by atoms with Crippen molar-refractivity contribution < 1.29 is 13.2 Å². The Balaban J connectivity index is 2.70. The predicted molar refractivity (Wildman–Crippen MR) is 96.6 cm³/mol. The molecule has 0 aromatic heterocycles. The molecule has 24 heavy (non-hydrogen) atoms. The Kier molecular flexibility index (Phi) is 9.03. The van der Waals surface area contributed by atoms with Gasteiger partial charge in [-0.3, -0.25) is 4.99 Å². The van der Waals surface area contributed by atoms with Crippen LogP contribution in [0.25, 0.3) is 0 Å². The molecule has 7 heteroatoms. The van der Waals surface area contributed by atoms with Gasteiger partial charge in [0.15, 0.2) is 5.96 Å². The average Bonchev–Trinajstić information content (AvgIpc) is 2.54. The third-order valence-electron chi connectivity index (χ3n) is 3.44. The highest BCUT2D eigenvalue weighted by molar-refractivity contribution is 7.98. The van der Waals surface area contributed by atoms with Crippen LogP contribution in [0.15, 0.2) is 29.3 Å². The Labute approximate surface area is 146 Å². The topological polar surface area (TPSA) is 36.4 Å². The van der Waals surface area contributed by atoms with Gasteiger partial charge < -0.3 is 10.6 Å². The number of guanidine groups is 1. The monoisotopic (exact) mass is 361 g/mol. The van der Waals surface area contributed by atoms with Gasteiger partial charge in [-0.2, -0.15) is 24.9 Å². The molecule has 0 aliphatic heterocycles. The second-order valence-corrected chi connectivity index (χ2v) is 6.44. The fraction of sp³-hybridized carbons (Fsp3) is 0.588. The first-order chi connectivity index (χ1) is 11.4. The van der Waals surface area contributed by atoms with Gasteiger partial charge in [-0.05, 0) is 56.4 Å². The first-order valence-electron chi connectivity index (χ1n) is 8.09. The molecule has 0 aliphatic rings. The van der Waals surface area contributed by atoms with Crippen molar-refractivity contribution in [3.63, 3.8) is 0 Å². The lowest BCUT2D eigenvalue weighted by atomic mass is 10.1. The van der Waals surface area contributed by atoms with Crippen LogP contribution < -0.4 is 10.6 Å². The van der Waals surface area contributed by atoms with E-state index in [4.69, 9.17) is 0 Å². The van der Waals surface area contributed by atoms with Crippen molar-refractivity contribution in [1.29, 1.82) is 0 Å². The second-order valence-electron chi connectivity index (χ2n) is 5.45. The van der Waals surface area contributed by atoms with Crippen LogP contribution in [0.5, 0.6) is 0 Å². The molecule has 0 saturated carbocycles. The van der Waals surface area contributed by atoms with Crippen LogP contribution in [0.3, 0.4) is 0 Å². The molecule has 0 fully saturated rings. The second kappa shape index (κ2) is 10.5. The Morgan fingerprint density at radius 1 is 1.29 bits per heavy atom. The van der Waals surface area contributed by atoms with Gasteiger partial charge in [0.05, 0.1) is 11.6 Å². The molecular weight excluding hydrogens is 335 g/mol. The van der Waals surface area contributed by atoms with Crippen molar-refractivity contribution in [3.05, 3.63) is 35.4 Å². The van der Waals surface area contributed by atoms with Gasteiger partial charge in [-0.15, -0.1) is 0 Å². The highest BCUT2D eigenvalue weighted by Crippen LogP contribution is 2.30. The van der Waals surface area contributed by atoms with E-state index in [0.29, 0.717) is 24.6 Å². The standard InChI is InChI=1S/C17H26F3N3S/c1-4-21-16(22-10-5-6-11-24-3)23-13(2)14-8-7-9-15(12-14)17(18,19)20/h7-9,12-13H,4-6,10-11H2,1-3H3,(H2,21,22,23). The minimum atomic E-state index is -4.33. The van der Waals surface area contributed by atoms with Gasteiger partial charge in [0.2, 0.25) is 0 Å². The lowest BCUT2D eigenvalue weighted by Gasteiger charge is -2.19. The van der Waals surface area contributed by atoms with Crippen molar-refractivity contribution in [2.75, 3.05) is 25.1 Å². The summed E-state index contributed by atoms with van der Waals surface area (Å²) in [5.74, 6) is 1.74. The Morgan fingerprint density at radius 2 is 2.04 bits per heavy atom. The molecule has 1 rings (SSSR count). The number of rotatable bonds is 8. The van der Waals surface area contributed by atoms with Crippen LogP contribution in [-0.4, -0.2) is 31.1 Å². The first-order valence-corrected chi connectivity index (χ1v) is 9.48. The fourth-order valence-corrected chi connectivity index (χ4v) is 2.63. The molecule has 1 aromatic rings. The molecule has 0 bridgehead atoms. The van der Waals surface area contributed by atoms with E-state index in [1.165, 1.54) is 12.1 Å². The Morgan fingerprint density at radius 3 is 2.67 bits per heavy atom. The number of nitrogens with one attached hydrogen (secondary N) is 2. The van der Waals surface area contributed by atoms with Gasteiger partial charge in [-0.25, -0.2) is 0 Å². The molecule has 136 valence electrons. The van der Waals surface area contributed by atoms with E-state index in [2.05, 4.69) is 21.9 Å². The Bertz CT molecular complexity index is 518. The fourth-order valence-electron chi connectivity index (χ4n) is 2.14. The summed E-state index contributed by atoms with van der Waals surface area (Å²) in [7, 11) is 0. The third kappa shape index (κ3) is 7.47. The van der Waals surface area contributed by atoms with Crippen LogP contribution in [0.4, 0.5) is 13.2 Å². The van der Waals surface area contributed by atoms with Crippen LogP contribution in [-0.2, 0) is 6.18 Å². The molecule has 1 atom stereocenters. The van der Waals surface area contributed by atoms with Crippen molar-refractivity contribution in [2.24, 2.45) is 4.99 Å². The SMILES string of the molecule is CCNC(=NCCCCSC)NC(C)c1cccc(C(F)(F)F)c1. The highest BCUT2D eigenvalue weighted by atomic mass is 32.2. The molecule has 1 aromatic carbocycles. The molecule has 0 saturated heterocycles. The zero-order valence-electron chi connectivity index (χ0n) is 14.4. The summed E-state index contributed by atoms with van der Waals surface area (Å²) >= 11 is 1.81. The minimum absolute atomic E-state index is 0.267. The molecule has 0 radical (unpaired) electrons. The predicted octanol–water partition coefficient (Wildman–Crippen LogP) is 4.46. The van der Waals surface area contributed by atoms with Crippen molar-refractivity contribution >= 4 is 17.7 Å². The summed E-state index contributed by atoms with van der Waals surface area (Å²) in [5.41, 5.74) is -0.0505. The van der Waals surface area contributed by atoms with Crippen LogP contribution >= 0.6 is 11.8 Å². The van der Waals surface area contributed by atoms with Crippen molar-refractivity contribution in [1.82, 2.24) is 10.6 Å². The maximum Gasteiger partial charge on any atom is 0.416 e. The van der Waals surface area contributed by atoms with Crippen LogP contribution in [0.2, 0.25) is 0 Å². The van der Waals surface area contributed by atoms with Gasteiger partial charge in [0.25, 0.3) is 0 Å². The largest absolute Gasteiger partial charge is 0.416 e. The van der Waals surface area contributed by atoms with E-state index < -0.39 is 11.7 Å². The quantitative estimate of drug-likeness (QED) is 0.408. The first kappa shape index (κ1) is 20.7. The van der Waals surface area contributed by atoms with E-state index in [0.717, 1.165) is 24.7 Å². The molecule has 1 unspecified atom stereocenters. The maximum atomic E-state index is 12.8. The zero-order chi connectivity index (χ0) is 18.0. The van der Waals surface area contributed by atoms with E-state index in [-0.39, 0.29) is 6.04 Å². The lowest BCUT2D eigenvalue weighted by molar-refractivity contribution is -0.137. The lowest BCUT2D eigenvalue weighted by Crippen LogP contribution is -2.38. The van der Waals surface area contributed by atoms with Crippen LogP contribution in [0.1, 0.15) is 43.9 Å². The summed E-state index contributed by atoms with van der Waals surface area (Å²) in [6.45, 7) is 5.19. The van der Waals surface area contributed by atoms with Gasteiger partial charge in [-0.1, -0.05) is 12.1 Å². The molecule has 3 nitrogen and oxygen atoms in total. The number of benzene rings is 1. The highest BCUT2D eigenvalue weighted by Gasteiger charge is 2.30. The van der Waals surface area contributed by atoms with Gasteiger partial charge >= 0.3 is 6.18 Å². The number of alkyl halides is 3. The summed E-state index contributed by atoms with van der Waals surface area (Å²) in [4.78, 5) is 4.48. The van der Waals surface area contributed by atoms with E-state index in [1.54, 1.807) is 6.07 Å². The van der Waals surface area contributed by atoms with E-state index >= 15 is 0 Å². The molecule has 0 spiro atoms. The number of nitrogens with zero attached hydrogens (tertiary/aromatic N) is 1. The van der Waals surface area contributed by atoms with E-state index in [1.807, 2.05) is 25.6 Å². The van der Waals surface area contributed by atoms with Crippen molar-refractivity contribution in [2.45, 2.75) is 38.9 Å². The van der Waals surface area contributed by atoms with Crippen LogP contribution in [0, 0.1) is 0 Å². The number of unbranched alkanes of at least 4 members (excludes halogenated alkanes) is 1. The molecule has 0 amide bonds. The zero-order valence-corrected chi connectivity index (χ0v) is 15.2. The number of thioether (sulfide) groups is 1. The number of hydrogen-bond donors (Lipinski definition) is 2. The third-order valence-corrected chi connectivity index (χ3v) is 4.13. The molecular formula is C17H26F3N3S. The summed E-state index contributed by atoms with van der Waals surface area (Å²) in [5, 5.41) is 6.30. The number of hydrogen-bond acceptors (Lipinski definition) is 2. The molecule has 2 N–H and O–H groups in total. The minimum Gasteiger partial charge on any atom is -0.357 e. The van der Waals surface area contributed by atoms with Gasteiger partial charge in [0.1, 0.15) is 0 Å². The Hall–Kier alpha value is -1.37. The average molecular weight is 361 g/mol. The van der Waals surface area contributed by atoms with Crippen molar-refractivity contribution in [3.8, 4) is 0 Å². The number of halogens is 3. The van der Waals surface area contributed by atoms with E-state index in [9.17, 15) is 13.2 Å².